The van der Waals surface area contributed by atoms with Crippen LogP contribution >= 0.6 is 24.0 Å². The molecule has 1 atom stereocenters. The molecule has 0 spiro atoms. The van der Waals surface area contributed by atoms with Crippen LogP contribution in [-0.4, -0.2) is 48.1 Å². The van der Waals surface area contributed by atoms with Gasteiger partial charge in [0, 0.05) is 31.3 Å². The lowest BCUT2D eigenvalue weighted by molar-refractivity contribution is 0.140. The molecule has 0 aliphatic carbocycles. The Morgan fingerprint density at radius 2 is 2.17 bits per heavy atom. The van der Waals surface area contributed by atoms with Crippen LogP contribution in [0.5, 0.6) is 5.75 Å². The van der Waals surface area contributed by atoms with Gasteiger partial charge in [-0.1, -0.05) is 12.1 Å². The summed E-state index contributed by atoms with van der Waals surface area (Å²) < 4.78 is 13.5. The Hall–Kier alpha value is -1.81. The second-order valence-corrected chi connectivity index (χ2v) is 7.12. The van der Waals surface area contributed by atoms with E-state index in [1.54, 1.807) is 0 Å². The molecule has 2 aromatic rings. The summed E-state index contributed by atoms with van der Waals surface area (Å²) in [5.41, 5.74) is 3.43. The third kappa shape index (κ3) is 7.50. The van der Waals surface area contributed by atoms with Crippen LogP contribution in [0.25, 0.3) is 0 Å². The van der Waals surface area contributed by atoms with Gasteiger partial charge in [0.1, 0.15) is 11.9 Å². The maximum absolute atomic E-state index is 6.17. The van der Waals surface area contributed by atoms with E-state index in [0.29, 0.717) is 13.2 Å². The molecule has 1 aliphatic heterocycles. The molecule has 29 heavy (non-hydrogen) atoms. The number of halogens is 1. The maximum Gasteiger partial charge on any atom is 0.191 e. The largest absolute Gasteiger partial charge is 0.488 e. The summed E-state index contributed by atoms with van der Waals surface area (Å²) in [5.74, 6) is 1.70. The van der Waals surface area contributed by atoms with Gasteiger partial charge in [-0.15, -0.1) is 24.0 Å². The fourth-order valence-electron chi connectivity index (χ4n) is 3.07. The standard InChI is InChI=1S/C21H31N5O2.HI/c1-4-22-21(23-8-9-26-14-17(3)12-25-26)24-13-18-6-5-16(2)11-20(18)28-19-7-10-27-15-19;/h5-6,11-12,14,19H,4,7-10,13,15H2,1-3H3,(H2,22,23,24);1H. The van der Waals surface area contributed by atoms with Gasteiger partial charge in [0.2, 0.25) is 0 Å². The van der Waals surface area contributed by atoms with E-state index >= 15 is 0 Å². The molecule has 0 saturated carbocycles. The van der Waals surface area contributed by atoms with Gasteiger partial charge in [0.05, 0.1) is 32.5 Å². The highest BCUT2D eigenvalue weighted by atomic mass is 127. The SMILES string of the molecule is CCNC(=NCc1ccc(C)cc1OC1CCOC1)NCCn1cc(C)cn1.I. The van der Waals surface area contributed by atoms with Gasteiger partial charge in [-0.2, -0.15) is 5.10 Å². The Morgan fingerprint density at radius 3 is 2.86 bits per heavy atom. The molecule has 0 amide bonds. The van der Waals surface area contributed by atoms with Crippen LogP contribution < -0.4 is 15.4 Å². The Bertz CT molecular complexity index is 787. The van der Waals surface area contributed by atoms with E-state index in [1.165, 1.54) is 11.1 Å². The lowest BCUT2D eigenvalue weighted by Crippen LogP contribution is -2.38. The second-order valence-electron chi connectivity index (χ2n) is 7.12. The van der Waals surface area contributed by atoms with Crippen molar-refractivity contribution < 1.29 is 9.47 Å². The van der Waals surface area contributed by atoms with Gasteiger partial charge >= 0.3 is 0 Å². The molecular weight excluding hydrogens is 481 g/mol. The number of aromatic nitrogens is 2. The van der Waals surface area contributed by atoms with Crippen LogP contribution in [0.4, 0.5) is 0 Å². The molecule has 7 nitrogen and oxygen atoms in total. The molecule has 8 heteroatoms. The Kier molecular flexibility index (Phi) is 9.72. The maximum atomic E-state index is 6.17. The average Bonchev–Trinajstić information content (AvgIpc) is 3.32. The first kappa shape index (κ1) is 23.5. The Labute approximate surface area is 190 Å². The lowest BCUT2D eigenvalue weighted by Gasteiger charge is -2.16. The van der Waals surface area contributed by atoms with Crippen LogP contribution in [0.3, 0.4) is 0 Å². The molecule has 160 valence electrons. The third-order valence-electron chi connectivity index (χ3n) is 4.55. The van der Waals surface area contributed by atoms with E-state index in [9.17, 15) is 0 Å². The fourth-order valence-corrected chi connectivity index (χ4v) is 3.07. The van der Waals surface area contributed by atoms with Crippen LogP contribution in [0.1, 0.15) is 30.0 Å². The van der Waals surface area contributed by atoms with Gasteiger partial charge < -0.3 is 20.1 Å². The molecule has 2 heterocycles. The number of aryl methyl sites for hydroxylation is 2. The minimum absolute atomic E-state index is 0. The molecule has 0 bridgehead atoms. The number of aliphatic imine (C=N–C) groups is 1. The number of benzene rings is 1. The Morgan fingerprint density at radius 1 is 1.31 bits per heavy atom. The van der Waals surface area contributed by atoms with E-state index in [0.717, 1.165) is 49.9 Å². The van der Waals surface area contributed by atoms with Crippen molar-refractivity contribution in [1.82, 2.24) is 20.4 Å². The lowest BCUT2D eigenvalue weighted by atomic mass is 10.1. The number of hydrogen-bond donors (Lipinski definition) is 2. The molecule has 1 aromatic carbocycles. The zero-order valence-corrected chi connectivity index (χ0v) is 19.8. The van der Waals surface area contributed by atoms with Crippen molar-refractivity contribution in [3.8, 4) is 5.75 Å². The van der Waals surface area contributed by atoms with Crippen molar-refractivity contribution in [3.05, 3.63) is 47.3 Å². The summed E-state index contributed by atoms with van der Waals surface area (Å²) >= 11 is 0. The molecule has 1 fully saturated rings. The minimum Gasteiger partial charge on any atom is -0.488 e. The normalized spacial score (nSPS) is 16.4. The van der Waals surface area contributed by atoms with Gasteiger partial charge in [0.15, 0.2) is 5.96 Å². The number of rotatable bonds is 8. The minimum atomic E-state index is 0. The summed E-state index contributed by atoms with van der Waals surface area (Å²) in [5, 5.41) is 11.0. The summed E-state index contributed by atoms with van der Waals surface area (Å²) in [6.45, 7) is 10.5. The van der Waals surface area contributed by atoms with Crippen molar-refractivity contribution in [2.75, 3.05) is 26.3 Å². The van der Waals surface area contributed by atoms with Gasteiger partial charge in [-0.05, 0) is 38.0 Å². The molecule has 1 unspecified atom stereocenters. The Balaban J connectivity index is 0.00000300. The molecule has 1 saturated heterocycles. The predicted molar refractivity (Wildman–Crippen MR) is 126 cm³/mol. The summed E-state index contributed by atoms with van der Waals surface area (Å²) in [6.07, 6.45) is 4.98. The van der Waals surface area contributed by atoms with Gasteiger partial charge in [-0.3, -0.25) is 4.68 Å². The van der Waals surface area contributed by atoms with E-state index in [2.05, 4.69) is 47.8 Å². The first-order chi connectivity index (χ1) is 13.6. The number of nitrogens with zero attached hydrogens (tertiary/aromatic N) is 3. The molecule has 0 radical (unpaired) electrons. The monoisotopic (exact) mass is 513 g/mol. The van der Waals surface area contributed by atoms with Crippen LogP contribution in [-0.2, 0) is 17.8 Å². The highest BCUT2D eigenvalue weighted by molar-refractivity contribution is 14.0. The van der Waals surface area contributed by atoms with E-state index in [4.69, 9.17) is 14.5 Å². The number of guanidine groups is 1. The molecular formula is C21H32IN5O2. The first-order valence-electron chi connectivity index (χ1n) is 9.99. The van der Waals surface area contributed by atoms with E-state index < -0.39 is 0 Å². The quantitative estimate of drug-likeness (QED) is 0.323. The topological polar surface area (TPSA) is 72.7 Å². The fraction of sp³-hybridized carbons (Fsp3) is 0.524. The van der Waals surface area contributed by atoms with Crippen molar-refractivity contribution in [1.29, 1.82) is 0 Å². The highest BCUT2D eigenvalue weighted by Crippen LogP contribution is 2.24. The van der Waals surface area contributed by atoms with Gasteiger partial charge in [-0.25, -0.2) is 4.99 Å². The summed E-state index contributed by atoms with van der Waals surface area (Å²) in [7, 11) is 0. The number of ether oxygens (including phenoxy) is 2. The summed E-state index contributed by atoms with van der Waals surface area (Å²) in [4.78, 5) is 4.74. The summed E-state index contributed by atoms with van der Waals surface area (Å²) in [6, 6.07) is 6.28. The van der Waals surface area contributed by atoms with Crippen LogP contribution in [0.2, 0.25) is 0 Å². The number of hydrogen-bond acceptors (Lipinski definition) is 4. The predicted octanol–water partition coefficient (Wildman–Crippen LogP) is 3.04. The molecule has 2 N–H and O–H groups in total. The first-order valence-corrected chi connectivity index (χ1v) is 9.99. The average molecular weight is 513 g/mol. The third-order valence-corrected chi connectivity index (χ3v) is 4.55. The van der Waals surface area contributed by atoms with Crippen molar-refractivity contribution in [2.45, 2.75) is 46.4 Å². The smallest absolute Gasteiger partial charge is 0.191 e. The van der Waals surface area contributed by atoms with Crippen molar-refractivity contribution in [3.63, 3.8) is 0 Å². The molecule has 3 rings (SSSR count). The highest BCUT2D eigenvalue weighted by Gasteiger charge is 2.18. The molecule has 1 aromatic heterocycles. The van der Waals surface area contributed by atoms with E-state index in [-0.39, 0.29) is 30.1 Å². The number of nitrogens with one attached hydrogen (secondary N) is 2. The van der Waals surface area contributed by atoms with Crippen LogP contribution in [0, 0.1) is 13.8 Å². The second kappa shape index (κ2) is 12.0. The van der Waals surface area contributed by atoms with Gasteiger partial charge in [0.25, 0.3) is 0 Å². The van der Waals surface area contributed by atoms with Crippen molar-refractivity contribution >= 4 is 29.9 Å². The van der Waals surface area contributed by atoms with Crippen molar-refractivity contribution in [2.24, 2.45) is 4.99 Å². The van der Waals surface area contributed by atoms with E-state index in [1.807, 2.05) is 24.0 Å². The zero-order chi connectivity index (χ0) is 19.8. The zero-order valence-electron chi connectivity index (χ0n) is 17.5. The molecule has 1 aliphatic rings. The van der Waals surface area contributed by atoms with Crippen LogP contribution in [0.15, 0.2) is 35.6 Å².